The van der Waals surface area contributed by atoms with Gasteiger partial charge in [-0.15, -0.1) is 0 Å². The molecule has 0 amide bonds. The maximum absolute atomic E-state index is 12.5. The van der Waals surface area contributed by atoms with Crippen LogP contribution < -0.4 is 5.63 Å². The molecule has 4 rings (SSSR count). The Morgan fingerprint density at radius 2 is 1.48 bits per heavy atom. The second-order valence-electron chi connectivity index (χ2n) is 6.63. The number of fused-ring (bicyclic) bond motifs is 1. The minimum absolute atomic E-state index is 0.294. The third-order valence-corrected chi connectivity index (χ3v) is 4.69. The second kappa shape index (κ2) is 7.46. The van der Waals surface area contributed by atoms with Crippen molar-refractivity contribution in [3.63, 3.8) is 0 Å². The minimum atomic E-state index is -0.294. The molecule has 2 nitrogen and oxygen atoms in total. The van der Waals surface area contributed by atoms with Crippen LogP contribution in [0.4, 0.5) is 0 Å². The van der Waals surface area contributed by atoms with Gasteiger partial charge in [-0.05, 0) is 30.4 Å². The molecule has 3 aromatic carbocycles. The number of benzene rings is 3. The topological polar surface area (TPSA) is 30.2 Å². The number of hydrogen-bond donors (Lipinski definition) is 0. The van der Waals surface area contributed by atoms with E-state index < -0.39 is 0 Å². The van der Waals surface area contributed by atoms with Crippen LogP contribution in [-0.2, 0) is 6.42 Å². The van der Waals surface area contributed by atoms with Crippen LogP contribution in [0.2, 0.25) is 0 Å². The van der Waals surface area contributed by atoms with Crippen LogP contribution in [0.5, 0.6) is 0 Å². The van der Waals surface area contributed by atoms with E-state index in [4.69, 9.17) is 4.42 Å². The zero-order valence-electron chi connectivity index (χ0n) is 15.2. The minimum Gasteiger partial charge on any atom is -0.422 e. The van der Waals surface area contributed by atoms with Gasteiger partial charge < -0.3 is 4.42 Å². The van der Waals surface area contributed by atoms with Gasteiger partial charge in [0.2, 0.25) is 0 Å². The smallest absolute Gasteiger partial charge is 0.344 e. The summed E-state index contributed by atoms with van der Waals surface area (Å²) in [6, 6.07) is 25.9. The van der Waals surface area contributed by atoms with Crippen LogP contribution in [0.15, 0.2) is 94.2 Å². The molecule has 0 bridgehead atoms. The predicted octanol–water partition coefficient (Wildman–Crippen LogP) is 6.02. The lowest BCUT2D eigenvalue weighted by atomic mass is 9.98. The molecule has 0 spiro atoms. The van der Waals surface area contributed by atoms with Gasteiger partial charge in [-0.2, -0.15) is 0 Å². The first-order valence-corrected chi connectivity index (χ1v) is 9.06. The summed E-state index contributed by atoms with van der Waals surface area (Å²) in [4.78, 5) is 12.5. The summed E-state index contributed by atoms with van der Waals surface area (Å²) in [7, 11) is 0. The summed E-state index contributed by atoms with van der Waals surface area (Å²) < 4.78 is 5.76. The Hall–Kier alpha value is -3.39. The van der Waals surface area contributed by atoms with Crippen LogP contribution in [0.3, 0.4) is 0 Å². The van der Waals surface area contributed by atoms with Crippen molar-refractivity contribution in [2.24, 2.45) is 0 Å². The molecule has 0 N–H and O–H groups in total. The van der Waals surface area contributed by atoms with Gasteiger partial charge in [-0.1, -0.05) is 90.5 Å². The number of allylic oxidation sites excluding steroid dienone is 1. The van der Waals surface area contributed by atoms with E-state index in [1.165, 1.54) is 5.56 Å². The zero-order chi connectivity index (χ0) is 18.6. The van der Waals surface area contributed by atoms with Crippen molar-refractivity contribution in [3.05, 3.63) is 112 Å². The largest absolute Gasteiger partial charge is 0.422 e. The highest BCUT2D eigenvalue weighted by molar-refractivity contribution is 5.89. The third-order valence-electron chi connectivity index (χ3n) is 4.69. The molecule has 0 aliphatic carbocycles. The molecule has 0 aliphatic rings. The van der Waals surface area contributed by atoms with Crippen molar-refractivity contribution in [1.29, 1.82) is 0 Å². The summed E-state index contributed by atoms with van der Waals surface area (Å²) >= 11 is 0. The Labute approximate surface area is 158 Å². The number of hydrogen-bond acceptors (Lipinski definition) is 2. The lowest BCUT2D eigenvalue weighted by Gasteiger charge is -2.10. The molecule has 132 valence electrons. The Morgan fingerprint density at radius 1 is 0.815 bits per heavy atom. The van der Waals surface area contributed by atoms with Crippen molar-refractivity contribution >= 4 is 16.8 Å². The van der Waals surface area contributed by atoms with Gasteiger partial charge in [-0.3, -0.25) is 0 Å². The lowest BCUT2D eigenvalue weighted by molar-refractivity contribution is 0.530. The Kier molecular flexibility index (Phi) is 4.71. The van der Waals surface area contributed by atoms with Crippen LogP contribution in [0.1, 0.15) is 16.7 Å². The molecular weight excluding hydrogens is 332 g/mol. The first-order valence-electron chi connectivity index (χ1n) is 9.06. The lowest BCUT2D eigenvalue weighted by Crippen LogP contribution is -2.04. The van der Waals surface area contributed by atoms with E-state index in [0.29, 0.717) is 17.6 Å². The molecule has 0 fully saturated rings. The van der Waals surface area contributed by atoms with E-state index in [2.05, 4.69) is 24.3 Å². The van der Waals surface area contributed by atoms with Gasteiger partial charge in [0.05, 0.1) is 5.39 Å². The molecule has 4 aromatic rings. The summed E-state index contributed by atoms with van der Waals surface area (Å²) in [6.45, 7) is 2.05. The van der Waals surface area contributed by atoms with Gasteiger partial charge in [-0.25, -0.2) is 4.79 Å². The van der Waals surface area contributed by atoms with Crippen LogP contribution in [0, 0.1) is 6.92 Å². The van der Waals surface area contributed by atoms with E-state index in [1.54, 1.807) is 0 Å². The van der Waals surface area contributed by atoms with E-state index in [1.807, 2.05) is 73.7 Å². The molecule has 27 heavy (non-hydrogen) atoms. The fourth-order valence-electron chi connectivity index (χ4n) is 3.27. The maximum atomic E-state index is 12.5. The van der Waals surface area contributed by atoms with E-state index in [-0.39, 0.29) is 5.63 Å². The molecule has 0 saturated heterocycles. The molecule has 0 unspecified atom stereocenters. The van der Waals surface area contributed by atoms with Crippen molar-refractivity contribution in [2.75, 3.05) is 0 Å². The quantitative estimate of drug-likeness (QED) is 0.449. The van der Waals surface area contributed by atoms with Crippen LogP contribution in [0.25, 0.3) is 28.2 Å². The standard InChI is InChI=1S/C25H20O2/c1-18-14-16-20(17-15-18)24-22(13-7-10-19-8-3-2-4-9-19)21-11-5-6-12-23(21)25(26)27-24/h2-12,14-17H,13H2,1H3/b10-7+. The van der Waals surface area contributed by atoms with Gasteiger partial charge in [0.1, 0.15) is 5.76 Å². The molecule has 1 heterocycles. The molecule has 2 heteroatoms. The fourth-order valence-corrected chi connectivity index (χ4v) is 3.27. The van der Waals surface area contributed by atoms with Crippen molar-refractivity contribution < 1.29 is 4.42 Å². The summed E-state index contributed by atoms with van der Waals surface area (Å²) in [5, 5.41) is 1.57. The summed E-state index contributed by atoms with van der Waals surface area (Å²) in [5.74, 6) is 0.649. The average Bonchev–Trinajstić information content (AvgIpc) is 2.71. The summed E-state index contributed by atoms with van der Waals surface area (Å²) in [5.41, 5.74) is 3.98. The van der Waals surface area contributed by atoms with E-state index in [0.717, 1.165) is 22.1 Å². The Bertz CT molecular complexity index is 1150. The SMILES string of the molecule is Cc1ccc(-c2oc(=O)c3ccccc3c2C/C=C/c2ccccc2)cc1. The van der Waals surface area contributed by atoms with Crippen molar-refractivity contribution in [2.45, 2.75) is 13.3 Å². The van der Waals surface area contributed by atoms with Gasteiger partial charge in [0.15, 0.2) is 0 Å². The molecule has 0 aliphatic heterocycles. The second-order valence-corrected chi connectivity index (χ2v) is 6.63. The Balaban J connectivity index is 1.84. The van der Waals surface area contributed by atoms with Crippen LogP contribution in [-0.4, -0.2) is 0 Å². The monoisotopic (exact) mass is 352 g/mol. The van der Waals surface area contributed by atoms with Crippen molar-refractivity contribution in [1.82, 2.24) is 0 Å². The predicted molar refractivity (Wildman–Crippen MR) is 112 cm³/mol. The van der Waals surface area contributed by atoms with Gasteiger partial charge in [0, 0.05) is 11.1 Å². The third kappa shape index (κ3) is 3.61. The normalized spacial score (nSPS) is 11.3. The fraction of sp³-hybridized carbons (Fsp3) is 0.0800. The highest BCUT2D eigenvalue weighted by Gasteiger charge is 2.14. The maximum Gasteiger partial charge on any atom is 0.344 e. The van der Waals surface area contributed by atoms with Crippen molar-refractivity contribution in [3.8, 4) is 11.3 Å². The first-order chi connectivity index (χ1) is 13.2. The van der Waals surface area contributed by atoms with E-state index in [9.17, 15) is 4.79 Å². The average molecular weight is 352 g/mol. The first kappa shape index (κ1) is 17.0. The van der Waals surface area contributed by atoms with E-state index >= 15 is 0 Å². The van der Waals surface area contributed by atoms with Gasteiger partial charge in [0.25, 0.3) is 0 Å². The Morgan fingerprint density at radius 3 is 2.22 bits per heavy atom. The highest BCUT2D eigenvalue weighted by atomic mass is 16.4. The molecule has 0 atom stereocenters. The summed E-state index contributed by atoms with van der Waals surface area (Å²) in [6.07, 6.45) is 4.90. The molecule has 1 aromatic heterocycles. The number of rotatable bonds is 4. The molecular formula is C25H20O2. The van der Waals surface area contributed by atoms with Gasteiger partial charge >= 0.3 is 5.63 Å². The zero-order valence-corrected chi connectivity index (χ0v) is 15.2. The molecule has 0 saturated carbocycles. The molecule has 0 radical (unpaired) electrons. The highest BCUT2D eigenvalue weighted by Crippen LogP contribution is 2.29. The van der Waals surface area contributed by atoms with Crippen LogP contribution >= 0.6 is 0 Å². The number of aryl methyl sites for hydroxylation is 1.